The number of aliphatic hydroxyl groups is 1. The molecular formula is C6H8O3. The molecule has 3 heteroatoms. The summed E-state index contributed by atoms with van der Waals surface area (Å²) in [6.07, 6.45) is 3.88. The van der Waals surface area contributed by atoms with Gasteiger partial charge in [0.2, 0.25) is 6.29 Å². The van der Waals surface area contributed by atoms with Crippen LogP contribution in [-0.4, -0.2) is 18.5 Å². The summed E-state index contributed by atoms with van der Waals surface area (Å²) in [5, 5.41) is 8.82. The van der Waals surface area contributed by atoms with Gasteiger partial charge in [-0.05, 0) is 0 Å². The van der Waals surface area contributed by atoms with Gasteiger partial charge >= 0.3 is 0 Å². The number of methoxy groups -OCH3 is 1. The normalized spacial score (nSPS) is 25.0. The van der Waals surface area contributed by atoms with Crippen molar-refractivity contribution in [2.24, 2.45) is 0 Å². The number of hydrogen-bond acceptors (Lipinski definition) is 3. The number of rotatable bonds is 1. The first-order valence-corrected chi connectivity index (χ1v) is 2.58. The zero-order chi connectivity index (χ0) is 6.69. The number of allylic oxidation sites excluding steroid dienone is 1. The molecule has 9 heavy (non-hydrogen) atoms. The Bertz CT molecular complexity index is 148. The maximum absolute atomic E-state index is 8.82. The molecule has 0 radical (unpaired) electrons. The number of hydrogen-bond donors (Lipinski definition) is 1. The summed E-state index contributed by atoms with van der Waals surface area (Å²) in [6, 6.07) is 0. The standard InChI is InChI=1S/C6H8O3/c1-8-6-4-5(7)2-3-9-6/h2-4,6-7H,1H3. The molecule has 0 fully saturated rings. The van der Waals surface area contributed by atoms with Crippen LogP contribution in [0.3, 0.4) is 0 Å². The number of aliphatic hydroxyl groups excluding tert-OH is 1. The zero-order valence-corrected chi connectivity index (χ0v) is 5.07. The molecule has 1 N–H and O–H groups in total. The maximum atomic E-state index is 8.82. The smallest absolute Gasteiger partial charge is 0.222 e. The molecule has 1 atom stereocenters. The summed E-state index contributed by atoms with van der Waals surface area (Å²) in [4.78, 5) is 0. The van der Waals surface area contributed by atoms with Gasteiger partial charge in [0, 0.05) is 19.3 Å². The summed E-state index contributed by atoms with van der Waals surface area (Å²) in [5.74, 6) is 0.174. The van der Waals surface area contributed by atoms with Gasteiger partial charge in [-0.15, -0.1) is 0 Å². The van der Waals surface area contributed by atoms with Gasteiger partial charge in [0.1, 0.15) is 5.76 Å². The molecule has 1 aliphatic heterocycles. The predicted octanol–water partition coefficient (Wildman–Crippen LogP) is 0.945. The zero-order valence-electron chi connectivity index (χ0n) is 5.07. The van der Waals surface area contributed by atoms with Crippen LogP contribution >= 0.6 is 0 Å². The molecule has 1 aliphatic rings. The molecule has 3 nitrogen and oxygen atoms in total. The van der Waals surface area contributed by atoms with Gasteiger partial charge in [-0.1, -0.05) is 0 Å². The highest BCUT2D eigenvalue weighted by atomic mass is 16.7. The van der Waals surface area contributed by atoms with Crippen LogP contribution in [0, 0.1) is 0 Å². The Kier molecular flexibility index (Phi) is 1.75. The minimum Gasteiger partial charge on any atom is -0.508 e. The van der Waals surface area contributed by atoms with E-state index >= 15 is 0 Å². The third kappa shape index (κ3) is 1.47. The average Bonchev–Trinajstić information content (AvgIpc) is 1.88. The van der Waals surface area contributed by atoms with E-state index in [1.54, 1.807) is 0 Å². The Morgan fingerprint density at radius 1 is 1.78 bits per heavy atom. The molecule has 0 saturated heterocycles. The predicted molar refractivity (Wildman–Crippen MR) is 31.7 cm³/mol. The van der Waals surface area contributed by atoms with Crippen molar-refractivity contribution in [1.29, 1.82) is 0 Å². The fourth-order valence-corrected chi connectivity index (χ4v) is 0.544. The first-order chi connectivity index (χ1) is 4.33. The summed E-state index contributed by atoms with van der Waals surface area (Å²) in [7, 11) is 1.51. The van der Waals surface area contributed by atoms with Crippen molar-refractivity contribution in [2.45, 2.75) is 6.29 Å². The topological polar surface area (TPSA) is 38.7 Å². The fraction of sp³-hybridized carbons (Fsp3) is 0.333. The second-order valence-corrected chi connectivity index (χ2v) is 1.63. The van der Waals surface area contributed by atoms with Gasteiger partial charge in [0.25, 0.3) is 0 Å². The molecule has 0 amide bonds. The van der Waals surface area contributed by atoms with Gasteiger partial charge in [-0.2, -0.15) is 0 Å². The second kappa shape index (κ2) is 2.55. The van der Waals surface area contributed by atoms with Crippen molar-refractivity contribution < 1.29 is 14.6 Å². The third-order valence-corrected chi connectivity index (χ3v) is 0.991. The highest BCUT2D eigenvalue weighted by Gasteiger charge is 2.05. The van der Waals surface area contributed by atoms with Crippen molar-refractivity contribution in [2.75, 3.05) is 7.11 Å². The molecule has 0 aromatic carbocycles. The van der Waals surface area contributed by atoms with E-state index in [1.807, 2.05) is 0 Å². The van der Waals surface area contributed by atoms with Crippen LogP contribution in [0.1, 0.15) is 0 Å². The molecule has 0 bridgehead atoms. The summed E-state index contributed by atoms with van der Waals surface area (Å²) in [6.45, 7) is 0. The van der Waals surface area contributed by atoms with Gasteiger partial charge in [0.15, 0.2) is 0 Å². The van der Waals surface area contributed by atoms with Gasteiger partial charge in [-0.25, -0.2) is 0 Å². The lowest BCUT2D eigenvalue weighted by Gasteiger charge is -2.13. The van der Waals surface area contributed by atoms with Crippen LogP contribution in [0.5, 0.6) is 0 Å². The van der Waals surface area contributed by atoms with Crippen LogP contribution in [0.25, 0.3) is 0 Å². The molecule has 0 aromatic rings. The largest absolute Gasteiger partial charge is 0.508 e. The molecule has 0 aliphatic carbocycles. The van der Waals surface area contributed by atoms with E-state index in [-0.39, 0.29) is 5.76 Å². The third-order valence-electron chi connectivity index (χ3n) is 0.991. The lowest BCUT2D eigenvalue weighted by molar-refractivity contribution is -0.0506. The van der Waals surface area contributed by atoms with Crippen molar-refractivity contribution in [3.63, 3.8) is 0 Å². The summed E-state index contributed by atoms with van der Waals surface area (Å²) in [5.41, 5.74) is 0. The van der Waals surface area contributed by atoms with Crippen LogP contribution in [-0.2, 0) is 9.47 Å². The minimum atomic E-state index is -0.435. The molecular weight excluding hydrogens is 120 g/mol. The van der Waals surface area contributed by atoms with E-state index in [1.165, 1.54) is 25.5 Å². The molecule has 50 valence electrons. The first kappa shape index (κ1) is 6.16. The quantitative estimate of drug-likeness (QED) is 0.571. The maximum Gasteiger partial charge on any atom is 0.222 e. The summed E-state index contributed by atoms with van der Waals surface area (Å²) >= 11 is 0. The average molecular weight is 128 g/mol. The first-order valence-electron chi connectivity index (χ1n) is 2.58. The Morgan fingerprint density at radius 2 is 2.56 bits per heavy atom. The highest BCUT2D eigenvalue weighted by molar-refractivity contribution is 5.12. The van der Waals surface area contributed by atoms with E-state index in [2.05, 4.69) is 0 Å². The van der Waals surface area contributed by atoms with Crippen LogP contribution in [0.2, 0.25) is 0 Å². The van der Waals surface area contributed by atoms with Gasteiger partial charge in [0.05, 0.1) is 6.26 Å². The minimum absolute atomic E-state index is 0.174. The van der Waals surface area contributed by atoms with Crippen molar-refractivity contribution >= 4 is 0 Å². The van der Waals surface area contributed by atoms with Crippen molar-refractivity contribution in [3.05, 3.63) is 24.2 Å². The van der Waals surface area contributed by atoms with E-state index in [4.69, 9.17) is 14.6 Å². The van der Waals surface area contributed by atoms with Crippen LogP contribution in [0.15, 0.2) is 24.2 Å². The SMILES string of the molecule is COC1C=C(O)C=CO1. The molecule has 1 rings (SSSR count). The summed E-state index contributed by atoms with van der Waals surface area (Å²) < 4.78 is 9.61. The molecule has 0 saturated carbocycles. The lowest BCUT2D eigenvalue weighted by Crippen LogP contribution is -2.11. The van der Waals surface area contributed by atoms with Crippen LogP contribution < -0.4 is 0 Å². The Labute approximate surface area is 53.2 Å². The van der Waals surface area contributed by atoms with Crippen molar-refractivity contribution in [3.8, 4) is 0 Å². The Balaban J connectivity index is 2.55. The van der Waals surface area contributed by atoms with E-state index < -0.39 is 6.29 Å². The second-order valence-electron chi connectivity index (χ2n) is 1.63. The molecule has 1 unspecified atom stereocenters. The Hall–Kier alpha value is -0.960. The Morgan fingerprint density at radius 3 is 3.00 bits per heavy atom. The monoisotopic (exact) mass is 128 g/mol. The molecule has 0 aromatic heterocycles. The van der Waals surface area contributed by atoms with Gasteiger partial charge < -0.3 is 14.6 Å². The number of ether oxygens (including phenoxy) is 2. The fourth-order valence-electron chi connectivity index (χ4n) is 0.544. The lowest BCUT2D eigenvalue weighted by atomic mass is 10.4. The van der Waals surface area contributed by atoms with Crippen molar-refractivity contribution in [1.82, 2.24) is 0 Å². The molecule has 0 spiro atoms. The van der Waals surface area contributed by atoms with E-state index in [0.29, 0.717) is 0 Å². The van der Waals surface area contributed by atoms with E-state index in [0.717, 1.165) is 0 Å². The van der Waals surface area contributed by atoms with E-state index in [9.17, 15) is 0 Å². The van der Waals surface area contributed by atoms with Gasteiger partial charge in [-0.3, -0.25) is 0 Å². The van der Waals surface area contributed by atoms with Crippen LogP contribution in [0.4, 0.5) is 0 Å². The highest BCUT2D eigenvalue weighted by Crippen LogP contribution is 2.06. The molecule has 1 heterocycles.